The van der Waals surface area contributed by atoms with E-state index in [1.807, 2.05) is 0 Å². The van der Waals surface area contributed by atoms with Gasteiger partial charge in [0, 0.05) is 11.7 Å². The number of carboxylic acid groups (broad SMARTS) is 1. The van der Waals surface area contributed by atoms with E-state index in [0.717, 1.165) is 0 Å². The summed E-state index contributed by atoms with van der Waals surface area (Å²) in [6.45, 7) is 1.62. The molecule has 5 nitrogen and oxygen atoms in total. The van der Waals surface area contributed by atoms with Gasteiger partial charge >= 0.3 is 12.0 Å². The maximum atomic E-state index is 13.1. The largest absolute Gasteiger partial charge is 0.481 e. The van der Waals surface area contributed by atoms with Gasteiger partial charge in [-0.15, -0.1) is 0 Å². The van der Waals surface area contributed by atoms with Crippen molar-refractivity contribution in [2.24, 2.45) is 5.92 Å². The lowest BCUT2D eigenvalue weighted by Crippen LogP contribution is -2.36. The zero-order valence-electron chi connectivity index (χ0n) is 11.1. The van der Waals surface area contributed by atoms with Gasteiger partial charge in [0.1, 0.15) is 5.82 Å². The summed E-state index contributed by atoms with van der Waals surface area (Å²) in [5.74, 6) is -1.52. The summed E-state index contributed by atoms with van der Waals surface area (Å²) in [6, 6.07) is 3.80. The summed E-state index contributed by atoms with van der Waals surface area (Å²) < 4.78 is 13.1. The average molecular weight is 280 g/mol. The Labute approximate surface area is 116 Å². The van der Waals surface area contributed by atoms with Gasteiger partial charge in [0.15, 0.2) is 0 Å². The molecule has 2 atom stereocenters. The van der Waals surface area contributed by atoms with E-state index in [0.29, 0.717) is 30.5 Å². The summed E-state index contributed by atoms with van der Waals surface area (Å²) >= 11 is 0. The Morgan fingerprint density at radius 3 is 2.70 bits per heavy atom. The number of carboxylic acids is 1. The molecule has 0 aromatic heterocycles. The number of carbonyl (C=O) groups excluding carboxylic acids is 1. The minimum absolute atomic E-state index is 0.127. The SMILES string of the molecule is Cc1cc(NC(=O)NC2CCC(C(=O)O)C2)ccc1F. The van der Waals surface area contributed by atoms with Crippen LogP contribution in [0.25, 0.3) is 0 Å². The number of anilines is 1. The van der Waals surface area contributed by atoms with E-state index < -0.39 is 12.0 Å². The van der Waals surface area contributed by atoms with Crippen LogP contribution in [-0.2, 0) is 4.79 Å². The minimum atomic E-state index is -0.816. The van der Waals surface area contributed by atoms with Crippen molar-refractivity contribution in [1.82, 2.24) is 5.32 Å². The first-order valence-electron chi connectivity index (χ1n) is 6.52. The van der Waals surface area contributed by atoms with Gasteiger partial charge in [0.05, 0.1) is 5.92 Å². The van der Waals surface area contributed by atoms with Crippen LogP contribution in [0.2, 0.25) is 0 Å². The number of hydrogen-bond acceptors (Lipinski definition) is 2. The Hall–Kier alpha value is -2.11. The smallest absolute Gasteiger partial charge is 0.319 e. The van der Waals surface area contributed by atoms with Crippen LogP contribution in [0.4, 0.5) is 14.9 Å². The zero-order valence-corrected chi connectivity index (χ0v) is 11.1. The van der Waals surface area contributed by atoms with E-state index in [-0.39, 0.29) is 17.8 Å². The van der Waals surface area contributed by atoms with E-state index in [1.54, 1.807) is 13.0 Å². The van der Waals surface area contributed by atoms with Crippen LogP contribution >= 0.6 is 0 Å². The predicted octanol–water partition coefficient (Wildman–Crippen LogP) is 2.51. The van der Waals surface area contributed by atoms with Crippen molar-refractivity contribution >= 4 is 17.7 Å². The predicted molar refractivity (Wildman–Crippen MR) is 72.1 cm³/mol. The molecule has 108 valence electrons. The molecular formula is C14H17FN2O3. The van der Waals surface area contributed by atoms with Crippen molar-refractivity contribution in [2.45, 2.75) is 32.2 Å². The Kier molecular flexibility index (Phi) is 4.22. The first kappa shape index (κ1) is 14.3. The van der Waals surface area contributed by atoms with Crippen LogP contribution in [0.3, 0.4) is 0 Å². The van der Waals surface area contributed by atoms with Crippen molar-refractivity contribution in [3.05, 3.63) is 29.6 Å². The lowest BCUT2D eigenvalue weighted by molar-refractivity contribution is -0.141. The van der Waals surface area contributed by atoms with Crippen molar-refractivity contribution in [1.29, 1.82) is 0 Å². The fourth-order valence-corrected chi connectivity index (χ4v) is 2.41. The van der Waals surface area contributed by atoms with E-state index in [4.69, 9.17) is 5.11 Å². The molecule has 1 aromatic rings. The van der Waals surface area contributed by atoms with Crippen LogP contribution in [0.15, 0.2) is 18.2 Å². The van der Waals surface area contributed by atoms with Gasteiger partial charge in [0.2, 0.25) is 0 Å². The molecule has 1 aromatic carbocycles. The van der Waals surface area contributed by atoms with E-state index >= 15 is 0 Å². The molecule has 3 N–H and O–H groups in total. The number of nitrogens with one attached hydrogen (secondary N) is 2. The quantitative estimate of drug-likeness (QED) is 0.796. The average Bonchev–Trinajstić information content (AvgIpc) is 2.82. The number of rotatable bonds is 3. The fourth-order valence-electron chi connectivity index (χ4n) is 2.41. The van der Waals surface area contributed by atoms with E-state index in [1.165, 1.54) is 12.1 Å². The Balaban J connectivity index is 1.87. The zero-order chi connectivity index (χ0) is 14.7. The standard InChI is InChI=1S/C14H17FN2O3/c1-8-6-10(4-5-12(8)15)16-14(20)17-11-3-2-9(7-11)13(18)19/h4-6,9,11H,2-3,7H2,1H3,(H,18,19)(H2,16,17,20). The molecule has 1 saturated carbocycles. The van der Waals surface area contributed by atoms with Gasteiger partial charge in [-0.25, -0.2) is 9.18 Å². The molecule has 1 aliphatic rings. The highest BCUT2D eigenvalue weighted by Crippen LogP contribution is 2.25. The number of benzene rings is 1. The molecule has 2 rings (SSSR count). The highest BCUT2D eigenvalue weighted by molar-refractivity contribution is 5.89. The summed E-state index contributed by atoms with van der Waals surface area (Å²) in [4.78, 5) is 22.6. The first-order valence-corrected chi connectivity index (χ1v) is 6.52. The number of amides is 2. The summed E-state index contributed by atoms with van der Waals surface area (Å²) in [5, 5.41) is 14.2. The van der Waals surface area contributed by atoms with Crippen molar-refractivity contribution < 1.29 is 19.1 Å². The maximum Gasteiger partial charge on any atom is 0.319 e. The number of urea groups is 1. The second-order valence-corrected chi connectivity index (χ2v) is 5.11. The summed E-state index contributed by atoms with van der Waals surface area (Å²) in [6.07, 6.45) is 1.69. The highest BCUT2D eigenvalue weighted by atomic mass is 19.1. The Morgan fingerprint density at radius 2 is 2.10 bits per heavy atom. The molecule has 1 aliphatic carbocycles. The molecule has 0 aliphatic heterocycles. The van der Waals surface area contributed by atoms with Gasteiger partial charge < -0.3 is 15.7 Å². The first-order chi connectivity index (χ1) is 9.45. The van der Waals surface area contributed by atoms with Crippen LogP contribution in [0, 0.1) is 18.7 Å². The number of hydrogen-bond donors (Lipinski definition) is 3. The van der Waals surface area contributed by atoms with Gasteiger partial charge in [-0.2, -0.15) is 0 Å². The number of aliphatic carboxylic acids is 1. The third-order valence-corrected chi connectivity index (χ3v) is 3.53. The molecule has 2 unspecified atom stereocenters. The minimum Gasteiger partial charge on any atom is -0.481 e. The van der Waals surface area contributed by atoms with Gasteiger partial charge in [-0.05, 0) is 49.9 Å². The fraction of sp³-hybridized carbons (Fsp3) is 0.429. The Bertz CT molecular complexity index is 533. The van der Waals surface area contributed by atoms with Gasteiger partial charge in [-0.1, -0.05) is 0 Å². The third-order valence-electron chi connectivity index (χ3n) is 3.53. The molecule has 0 saturated heterocycles. The van der Waals surface area contributed by atoms with Crippen molar-refractivity contribution in [3.8, 4) is 0 Å². The summed E-state index contributed by atoms with van der Waals surface area (Å²) in [5.41, 5.74) is 0.962. The lowest BCUT2D eigenvalue weighted by atomic mass is 10.1. The van der Waals surface area contributed by atoms with Crippen molar-refractivity contribution in [3.63, 3.8) is 0 Å². The molecule has 0 spiro atoms. The third kappa shape index (κ3) is 3.46. The van der Waals surface area contributed by atoms with E-state index in [2.05, 4.69) is 10.6 Å². The van der Waals surface area contributed by atoms with Crippen molar-refractivity contribution in [2.75, 3.05) is 5.32 Å². The summed E-state index contributed by atoms with van der Waals surface area (Å²) in [7, 11) is 0. The second-order valence-electron chi connectivity index (χ2n) is 5.11. The molecule has 1 fully saturated rings. The molecule has 0 heterocycles. The lowest BCUT2D eigenvalue weighted by Gasteiger charge is -2.13. The van der Waals surface area contributed by atoms with Crippen LogP contribution in [-0.4, -0.2) is 23.1 Å². The second kappa shape index (κ2) is 5.90. The maximum absolute atomic E-state index is 13.1. The molecule has 2 amide bonds. The number of carbonyl (C=O) groups is 2. The molecule has 0 radical (unpaired) electrons. The van der Waals surface area contributed by atoms with E-state index in [9.17, 15) is 14.0 Å². The topological polar surface area (TPSA) is 78.4 Å². The highest BCUT2D eigenvalue weighted by Gasteiger charge is 2.30. The molecule has 0 bridgehead atoms. The van der Waals surface area contributed by atoms with Crippen LogP contribution in [0.1, 0.15) is 24.8 Å². The van der Waals surface area contributed by atoms with Gasteiger partial charge in [0.25, 0.3) is 0 Å². The molecule has 6 heteroatoms. The number of aryl methyl sites for hydroxylation is 1. The van der Waals surface area contributed by atoms with Crippen LogP contribution < -0.4 is 10.6 Å². The molecular weight excluding hydrogens is 263 g/mol. The number of halogens is 1. The Morgan fingerprint density at radius 1 is 1.35 bits per heavy atom. The molecule has 20 heavy (non-hydrogen) atoms. The van der Waals surface area contributed by atoms with Gasteiger partial charge in [-0.3, -0.25) is 4.79 Å². The van der Waals surface area contributed by atoms with Crippen LogP contribution in [0.5, 0.6) is 0 Å². The normalized spacial score (nSPS) is 21.5. The monoisotopic (exact) mass is 280 g/mol.